The van der Waals surface area contributed by atoms with Crippen LogP contribution in [0.25, 0.3) is 0 Å². The molecule has 1 heterocycles. The van der Waals surface area contributed by atoms with Gasteiger partial charge >= 0.3 is 0 Å². The smallest absolute Gasteiger partial charge is 0.255 e. The molecule has 19 heavy (non-hydrogen) atoms. The van der Waals surface area contributed by atoms with Gasteiger partial charge < -0.3 is 4.90 Å². The summed E-state index contributed by atoms with van der Waals surface area (Å²) < 4.78 is 12.8. The minimum atomic E-state index is -0.295. The summed E-state index contributed by atoms with van der Waals surface area (Å²) in [5.41, 5.74) is 1.47. The standard InChI is InChI=1S/C15H12FNOS/c1-2-8-17(15(18)13-7-9-19-11-13)10-12-3-5-14(16)6-4-12/h1,3-7,9,11H,8,10H2. The van der Waals surface area contributed by atoms with Gasteiger partial charge in [0.25, 0.3) is 5.91 Å². The summed E-state index contributed by atoms with van der Waals surface area (Å²) in [5.74, 6) is 2.07. The highest BCUT2D eigenvalue weighted by Gasteiger charge is 2.15. The molecule has 1 aromatic carbocycles. The van der Waals surface area contributed by atoms with E-state index in [2.05, 4.69) is 5.92 Å². The van der Waals surface area contributed by atoms with Crippen LogP contribution in [0.3, 0.4) is 0 Å². The molecule has 1 amide bonds. The maximum absolute atomic E-state index is 12.8. The molecule has 0 atom stereocenters. The number of carbonyl (C=O) groups excluding carboxylic acids is 1. The predicted molar refractivity (Wildman–Crippen MR) is 74.3 cm³/mol. The molecule has 0 aliphatic carbocycles. The molecule has 0 aliphatic rings. The van der Waals surface area contributed by atoms with Gasteiger partial charge in [0.1, 0.15) is 5.82 Å². The van der Waals surface area contributed by atoms with Crippen LogP contribution in [-0.2, 0) is 6.54 Å². The number of hydrogen-bond donors (Lipinski definition) is 0. The van der Waals surface area contributed by atoms with Gasteiger partial charge in [-0.2, -0.15) is 11.3 Å². The summed E-state index contributed by atoms with van der Waals surface area (Å²) in [6.07, 6.45) is 5.30. The predicted octanol–water partition coefficient (Wildman–Crippen LogP) is 3.16. The monoisotopic (exact) mass is 273 g/mol. The zero-order chi connectivity index (χ0) is 13.7. The number of carbonyl (C=O) groups is 1. The van der Waals surface area contributed by atoms with Gasteiger partial charge in [-0.3, -0.25) is 4.79 Å². The molecule has 0 radical (unpaired) electrons. The quantitative estimate of drug-likeness (QED) is 0.784. The lowest BCUT2D eigenvalue weighted by Gasteiger charge is -2.19. The third-order valence-corrected chi connectivity index (χ3v) is 3.31. The van der Waals surface area contributed by atoms with E-state index in [1.54, 1.807) is 28.5 Å². The van der Waals surface area contributed by atoms with Crippen LogP contribution in [0.4, 0.5) is 4.39 Å². The van der Waals surface area contributed by atoms with Crippen molar-refractivity contribution in [3.63, 3.8) is 0 Å². The number of nitrogens with zero attached hydrogens (tertiary/aromatic N) is 1. The van der Waals surface area contributed by atoms with Crippen LogP contribution >= 0.6 is 11.3 Å². The van der Waals surface area contributed by atoms with Gasteiger partial charge in [0.2, 0.25) is 0 Å². The lowest BCUT2D eigenvalue weighted by Crippen LogP contribution is -2.30. The van der Waals surface area contributed by atoms with E-state index < -0.39 is 0 Å². The molecule has 0 saturated heterocycles. The number of hydrogen-bond acceptors (Lipinski definition) is 2. The lowest BCUT2D eigenvalue weighted by atomic mass is 10.2. The fourth-order valence-electron chi connectivity index (χ4n) is 1.69. The van der Waals surface area contributed by atoms with E-state index in [1.807, 2.05) is 5.38 Å². The van der Waals surface area contributed by atoms with Crippen molar-refractivity contribution >= 4 is 17.2 Å². The van der Waals surface area contributed by atoms with Crippen LogP contribution in [0, 0.1) is 18.2 Å². The van der Waals surface area contributed by atoms with Crippen LogP contribution in [0.2, 0.25) is 0 Å². The normalized spacial score (nSPS) is 9.89. The van der Waals surface area contributed by atoms with E-state index in [0.717, 1.165) is 5.56 Å². The fraction of sp³-hybridized carbons (Fsp3) is 0.133. The lowest BCUT2D eigenvalue weighted by molar-refractivity contribution is 0.0766. The van der Waals surface area contributed by atoms with Crippen molar-refractivity contribution in [2.75, 3.05) is 6.54 Å². The average Bonchev–Trinajstić information content (AvgIpc) is 2.94. The van der Waals surface area contributed by atoms with Gasteiger partial charge in [0.05, 0.1) is 12.1 Å². The highest BCUT2D eigenvalue weighted by molar-refractivity contribution is 7.08. The number of amides is 1. The molecule has 0 unspecified atom stereocenters. The molecule has 0 N–H and O–H groups in total. The third-order valence-electron chi connectivity index (χ3n) is 2.62. The molecule has 0 bridgehead atoms. The van der Waals surface area contributed by atoms with Gasteiger partial charge in [-0.05, 0) is 29.1 Å². The summed E-state index contributed by atoms with van der Waals surface area (Å²) >= 11 is 1.46. The first kappa shape index (κ1) is 13.3. The molecule has 2 nitrogen and oxygen atoms in total. The van der Waals surface area contributed by atoms with E-state index in [1.165, 1.54) is 23.5 Å². The Kier molecular flexibility index (Phi) is 4.32. The molecule has 96 valence electrons. The van der Waals surface area contributed by atoms with Crippen molar-refractivity contribution in [1.29, 1.82) is 0 Å². The van der Waals surface area contributed by atoms with Crippen LogP contribution in [-0.4, -0.2) is 17.4 Å². The topological polar surface area (TPSA) is 20.3 Å². The molecule has 4 heteroatoms. The number of terminal acetylenes is 1. The molecule has 0 fully saturated rings. The van der Waals surface area contributed by atoms with Crippen LogP contribution < -0.4 is 0 Å². The Morgan fingerprint density at radius 1 is 1.32 bits per heavy atom. The summed E-state index contributed by atoms with van der Waals surface area (Å²) in [6.45, 7) is 0.602. The van der Waals surface area contributed by atoms with Crippen molar-refractivity contribution < 1.29 is 9.18 Å². The molecule has 1 aromatic heterocycles. The second-order valence-electron chi connectivity index (χ2n) is 4.00. The number of benzene rings is 1. The van der Waals surface area contributed by atoms with E-state index in [4.69, 9.17) is 6.42 Å². The van der Waals surface area contributed by atoms with Crippen molar-refractivity contribution in [1.82, 2.24) is 4.90 Å². The summed E-state index contributed by atoms with van der Waals surface area (Å²) in [4.78, 5) is 13.8. The summed E-state index contributed by atoms with van der Waals surface area (Å²) in [7, 11) is 0. The SMILES string of the molecule is C#CCN(Cc1ccc(F)cc1)C(=O)c1ccsc1. The Labute approximate surface area is 115 Å². The first-order valence-corrected chi connectivity index (χ1v) is 6.64. The van der Waals surface area contributed by atoms with E-state index in [0.29, 0.717) is 12.1 Å². The van der Waals surface area contributed by atoms with E-state index in [9.17, 15) is 9.18 Å². The number of halogens is 1. The number of thiophene rings is 1. The highest BCUT2D eigenvalue weighted by Crippen LogP contribution is 2.13. The Balaban J connectivity index is 2.14. The first-order chi connectivity index (χ1) is 9.20. The summed E-state index contributed by atoms with van der Waals surface area (Å²) in [5, 5.41) is 3.63. The minimum Gasteiger partial charge on any atom is -0.323 e. The molecule has 2 aromatic rings. The van der Waals surface area contributed by atoms with Gasteiger partial charge in [-0.1, -0.05) is 18.1 Å². The molecule has 2 rings (SSSR count). The Morgan fingerprint density at radius 3 is 2.63 bits per heavy atom. The van der Waals surface area contributed by atoms with Gasteiger partial charge in [0, 0.05) is 11.9 Å². The molecule has 0 saturated carbocycles. The summed E-state index contributed by atoms with van der Waals surface area (Å²) in [6, 6.07) is 7.82. The number of rotatable bonds is 4. The average molecular weight is 273 g/mol. The van der Waals surface area contributed by atoms with Crippen LogP contribution in [0.5, 0.6) is 0 Å². The largest absolute Gasteiger partial charge is 0.323 e. The van der Waals surface area contributed by atoms with Crippen molar-refractivity contribution in [3.05, 3.63) is 58.0 Å². The third kappa shape index (κ3) is 3.43. The van der Waals surface area contributed by atoms with E-state index in [-0.39, 0.29) is 18.3 Å². The van der Waals surface area contributed by atoms with Crippen molar-refractivity contribution in [3.8, 4) is 12.3 Å². The van der Waals surface area contributed by atoms with Gasteiger partial charge in [-0.15, -0.1) is 6.42 Å². The molecule has 0 aliphatic heterocycles. The van der Waals surface area contributed by atoms with Crippen molar-refractivity contribution in [2.24, 2.45) is 0 Å². The second-order valence-corrected chi connectivity index (χ2v) is 4.78. The zero-order valence-electron chi connectivity index (χ0n) is 10.2. The van der Waals surface area contributed by atoms with Gasteiger partial charge in [0.15, 0.2) is 0 Å². The highest BCUT2D eigenvalue weighted by atomic mass is 32.1. The second kappa shape index (κ2) is 6.17. The Bertz CT molecular complexity index is 584. The molecule has 0 spiro atoms. The van der Waals surface area contributed by atoms with Crippen LogP contribution in [0.15, 0.2) is 41.1 Å². The fourth-order valence-corrected chi connectivity index (χ4v) is 2.32. The maximum Gasteiger partial charge on any atom is 0.255 e. The van der Waals surface area contributed by atoms with Crippen LogP contribution in [0.1, 0.15) is 15.9 Å². The zero-order valence-corrected chi connectivity index (χ0v) is 11.0. The first-order valence-electron chi connectivity index (χ1n) is 5.70. The van der Waals surface area contributed by atoms with Gasteiger partial charge in [-0.25, -0.2) is 4.39 Å². The van der Waals surface area contributed by atoms with E-state index >= 15 is 0 Å². The minimum absolute atomic E-state index is 0.108. The molecular formula is C15H12FNOS. The Hall–Kier alpha value is -2.12. The Morgan fingerprint density at radius 2 is 2.05 bits per heavy atom. The molecular weight excluding hydrogens is 261 g/mol. The van der Waals surface area contributed by atoms with Crippen molar-refractivity contribution in [2.45, 2.75) is 6.54 Å². The maximum atomic E-state index is 12.8.